The first kappa shape index (κ1) is 12.6. The molecule has 0 saturated heterocycles. The molecule has 0 saturated carbocycles. The number of carbonyl (C=O) groups excluding carboxylic acids is 1. The third-order valence-electron chi connectivity index (χ3n) is 2.20. The summed E-state index contributed by atoms with van der Waals surface area (Å²) in [5.74, 6) is -0.125. The Labute approximate surface area is 110 Å². The van der Waals surface area contributed by atoms with Gasteiger partial charge in [-0.15, -0.1) is 11.8 Å². The number of carbonyl (C=O) groups is 1. The first-order valence-electron chi connectivity index (χ1n) is 5.30. The van der Waals surface area contributed by atoms with Gasteiger partial charge in [-0.3, -0.25) is 0 Å². The Morgan fingerprint density at radius 1 is 1.44 bits per heavy atom. The van der Waals surface area contributed by atoms with Gasteiger partial charge in [-0.2, -0.15) is 0 Å². The van der Waals surface area contributed by atoms with Gasteiger partial charge in [0.2, 0.25) is 5.90 Å². The number of esters is 1. The van der Waals surface area contributed by atoms with Crippen molar-refractivity contribution in [3.63, 3.8) is 0 Å². The first-order valence-corrected chi connectivity index (χ1v) is 6.53. The molecule has 0 aromatic carbocycles. The van der Waals surface area contributed by atoms with Crippen molar-refractivity contribution in [1.29, 1.82) is 0 Å². The van der Waals surface area contributed by atoms with Crippen LogP contribution in [0.5, 0.6) is 0 Å². The highest BCUT2D eigenvalue weighted by molar-refractivity contribution is 7.98. The molecule has 18 heavy (non-hydrogen) atoms. The number of hydrogen-bond donors (Lipinski definition) is 0. The zero-order valence-electron chi connectivity index (χ0n) is 10.4. The molecule has 6 heteroatoms. The standard InChI is InChI=1S/C12H13N3O2S/c1-15(2)7-9-12(16)17-10(14-9)8-5-4-6-13-11(8)18-3/h4-7H,1-3H3/b9-7-. The lowest BCUT2D eigenvalue weighted by Crippen LogP contribution is -2.08. The highest BCUT2D eigenvalue weighted by Crippen LogP contribution is 2.22. The molecule has 0 N–H and O–H groups in total. The van der Waals surface area contributed by atoms with Crippen LogP contribution in [0.3, 0.4) is 0 Å². The van der Waals surface area contributed by atoms with E-state index >= 15 is 0 Å². The van der Waals surface area contributed by atoms with E-state index in [0.29, 0.717) is 11.6 Å². The smallest absolute Gasteiger partial charge is 0.365 e. The van der Waals surface area contributed by atoms with Crippen LogP contribution in [0.2, 0.25) is 0 Å². The summed E-state index contributed by atoms with van der Waals surface area (Å²) in [5.41, 5.74) is 1.03. The monoisotopic (exact) mass is 263 g/mol. The van der Waals surface area contributed by atoms with Crippen molar-refractivity contribution in [3.05, 3.63) is 35.8 Å². The van der Waals surface area contributed by atoms with Gasteiger partial charge in [0.1, 0.15) is 5.03 Å². The molecule has 0 aliphatic carbocycles. The van der Waals surface area contributed by atoms with Gasteiger partial charge in [0.05, 0.1) is 5.56 Å². The van der Waals surface area contributed by atoms with Crippen LogP contribution in [0.4, 0.5) is 0 Å². The molecular weight excluding hydrogens is 250 g/mol. The maximum absolute atomic E-state index is 11.6. The number of aromatic nitrogens is 1. The summed E-state index contributed by atoms with van der Waals surface area (Å²) < 4.78 is 5.17. The first-order chi connectivity index (χ1) is 8.61. The zero-order chi connectivity index (χ0) is 13.1. The molecule has 0 unspecified atom stereocenters. The summed E-state index contributed by atoms with van der Waals surface area (Å²) in [5, 5.41) is 0.787. The van der Waals surface area contributed by atoms with Crippen molar-refractivity contribution in [3.8, 4) is 0 Å². The summed E-state index contributed by atoms with van der Waals surface area (Å²) in [7, 11) is 3.65. The largest absolute Gasteiger partial charge is 0.402 e. The second-order valence-corrected chi connectivity index (χ2v) is 4.64. The topological polar surface area (TPSA) is 54.8 Å². The van der Waals surface area contributed by atoms with Gasteiger partial charge in [-0.1, -0.05) is 0 Å². The van der Waals surface area contributed by atoms with Gasteiger partial charge in [-0.25, -0.2) is 14.8 Å². The Balaban J connectivity index is 2.38. The minimum absolute atomic E-state index is 0.297. The number of hydrogen-bond acceptors (Lipinski definition) is 6. The number of nitrogens with zero attached hydrogens (tertiary/aromatic N) is 3. The van der Waals surface area contributed by atoms with Crippen LogP contribution in [0.1, 0.15) is 5.56 Å². The number of pyridine rings is 1. The number of ether oxygens (including phenoxy) is 1. The molecule has 0 radical (unpaired) electrons. The summed E-state index contributed by atoms with van der Waals surface area (Å²) in [6.07, 6.45) is 5.24. The van der Waals surface area contributed by atoms with Gasteiger partial charge in [0.25, 0.3) is 0 Å². The number of aliphatic imine (C=N–C) groups is 1. The highest BCUT2D eigenvalue weighted by Gasteiger charge is 2.26. The number of thioether (sulfide) groups is 1. The SMILES string of the molecule is CSc1ncccc1C1=N/C(=C\N(C)C)C(=O)O1. The van der Waals surface area contributed by atoms with E-state index in [2.05, 4.69) is 9.98 Å². The van der Waals surface area contributed by atoms with Crippen LogP contribution in [0.15, 0.2) is 40.2 Å². The van der Waals surface area contributed by atoms with Crippen molar-refractivity contribution >= 4 is 23.6 Å². The van der Waals surface area contributed by atoms with Crippen LogP contribution in [0, 0.1) is 0 Å². The molecule has 2 heterocycles. The fraction of sp³-hybridized carbons (Fsp3) is 0.250. The molecule has 1 aliphatic rings. The Hall–Kier alpha value is -1.82. The molecule has 1 aromatic heterocycles. The summed E-state index contributed by atoms with van der Waals surface area (Å²) in [4.78, 5) is 21.8. The molecule has 0 bridgehead atoms. The van der Waals surface area contributed by atoms with Crippen LogP contribution in [-0.2, 0) is 9.53 Å². The average Bonchev–Trinajstić information content (AvgIpc) is 2.70. The van der Waals surface area contributed by atoms with Gasteiger partial charge in [0.15, 0.2) is 5.70 Å². The summed E-state index contributed by atoms with van der Waals surface area (Å²) in [6.45, 7) is 0. The van der Waals surface area contributed by atoms with Crippen molar-refractivity contribution in [2.75, 3.05) is 20.4 Å². The van der Waals surface area contributed by atoms with E-state index in [-0.39, 0.29) is 0 Å². The minimum atomic E-state index is -0.436. The van der Waals surface area contributed by atoms with E-state index in [0.717, 1.165) is 10.6 Å². The third kappa shape index (κ3) is 2.53. The predicted molar refractivity (Wildman–Crippen MR) is 70.4 cm³/mol. The van der Waals surface area contributed by atoms with Crippen LogP contribution in [-0.4, -0.2) is 42.1 Å². The molecular formula is C12H13N3O2S. The molecule has 94 valence electrons. The van der Waals surface area contributed by atoms with Crippen LogP contribution < -0.4 is 0 Å². The predicted octanol–water partition coefficient (Wildman–Crippen LogP) is 1.51. The molecule has 1 aliphatic heterocycles. The lowest BCUT2D eigenvalue weighted by molar-refractivity contribution is -0.130. The van der Waals surface area contributed by atoms with Crippen molar-refractivity contribution in [2.45, 2.75) is 5.03 Å². The van der Waals surface area contributed by atoms with Crippen molar-refractivity contribution in [2.24, 2.45) is 4.99 Å². The molecule has 1 aromatic rings. The fourth-order valence-electron chi connectivity index (χ4n) is 1.48. The Morgan fingerprint density at radius 3 is 2.89 bits per heavy atom. The summed E-state index contributed by atoms with van der Waals surface area (Å²) >= 11 is 1.49. The highest BCUT2D eigenvalue weighted by atomic mass is 32.2. The quantitative estimate of drug-likeness (QED) is 0.470. The summed E-state index contributed by atoms with van der Waals surface area (Å²) in [6, 6.07) is 3.63. The Bertz CT molecular complexity index is 538. The lowest BCUT2D eigenvalue weighted by Gasteiger charge is -2.03. The van der Waals surface area contributed by atoms with Crippen molar-refractivity contribution in [1.82, 2.24) is 9.88 Å². The Kier molecular flexibility index (Phi) is 3.66. The van der Waals surface area contributed by atoms with Crippen molar-refractivity contribution < 1.29 is 9.53 Å². The van der Waals surface area contributed by atoms with Gasteiger partial charge in [0, 0.05) is 26.5 Å². The normalized spacial score (nSPS) is 16.7. The van der Waals surface area contributed by atoms with Gasteiger partial charge >= 0.3 is 5.97 Å². The van der Waals surface area contributed by atoms with E-state index in [1.165, 1.54) is 11.8 Å². The maximum Gasteiger partial charge on any atom is 0.365 e. The second kappa shape index (κ2) is 5.22. The second-order valence-electron chi connectivity index (χ2n) is 3.84. The van der Waals surface area contributed by atoms with Gasteiger partial charge in [-0.05, 0) is 18.4 Å². The maximum atomic E-state index is 11.6. The molecule has 2 rings (SSSR count). The number of rotatable bonds is 3. The molecule has 5 nitrogen and oxygen atoms in total. The third-order valence-corrected chi connectivity index (χ3v) is 2.91. The van der Waals surface area contributed by atoms with E-state index in [9.17, 15) is 4.79 Å². The van der Waals surface area contributed by atoms with Crippen LogP contribution >= 0.6 is 11.8 Å². The van der Waals surface area contributed by atoms with E-state index in [1.807, 2.05) is 26.4 Å². The minimum Gasteiger partial charge on any atom is -0.402 e. The molecule has 0 amide bonds. The van der Waals surface area contributed by atoms with Crippen LogP contribution in [0.25, 0.3) is 0 Å². The zero-order valence-corrected chi connectivity index (χ0v) is 11.2. The average molecular weight is 263 g/mol. The number of cyclic esters (lactones) is 1. The molecule has 0 spiro atoms. The fourth-order valence-corrected chi connectivity index (χ4v) is 2.02. The molecule has 0 fully saturated rings. The Morgan fingerprint density at radius 2 is 2.22 bits per heavy atom. The lowest BCUT2D eigenvalue weighted by atomic mass is 10.3. The van der Waals surface area contributed by atoms with E-state index < -0.39 is 5.97 Å². The van der Waals surface area contributed by atoms with E-state index in [4.69, 9.17) is 4.74 Å². The van der Waals surface area contributed by atoms with Gasteiger partial charge < -0.3 is 9.64 Å². The molecule has 0 atom stereocenters. The van der Waals surface area contributed by atoms with E-state index in [1.54, 1.807) is 23.4 Å².